The van der Waals surface area contributed by atoms with E-state index in [1.807, 2.05) is 6.07 Å². The van der Waals surface area contributed by atoms with Gasteiger partial charge in [-0.25, -0.2) is 13.4 Å². The number of hydrogen-bond acceptors (Lipinski definition) is 4. The molecule has 1 heterocycles. The standard InChI is InChI=1S/C12H13ClN2O2S/c13-5-2-6-18(16,17)12-10(8-14)7-9-3-1-4-11(9)15-12/h7H,1-6H2. The summed E-state index contributed by atoms with van der Waals surface area (Å²) in [5, 5.41) is 8.98. The molecule has 0 fully saturated rings. The van der Waals surface area contributed by atoms with E-state index in [9.17, 15) is 8.42 Å². The highest BCUT2D eigenvalue weighted by Crippen LogP contribution is 2.25. The monoisotopic (exact) mass is 284 g/mol. The van der Waals surface area contributed by atoms with Gasteiger partial charge in [0.2, 0.25) is 0 Å². The second-order valence-corrected chi connectivity index (χ2v) is 6.68. The van der Waals surface area contributed by atoms with Gasteiger partial charge in [0.15, 0.2) is 14.9 Å². The summed E-state index contributed by atoms with van der Waals surface area (Å²) in [6.07, 6.45) is 3.00. The molecular weight excluding hydrogens is 272 g/mol. The lowest BCUT2D eigenvalue weighted by atomic mass is 10.2. The summed E-state index contributed by atoms with van der Waals surface area (Å²) in [6.45, 7) is 0. The molecule has 0 N–H and O–H groups in total. The molecule has 96 valence electrons. The Bertz CT molecular complexity index is 605. The third kappa shape index (κ3) is 2.50. The van der Waals surface area contributed by atoms with Gasteiger partial charge in [0, 0.05) is 11.6 Å². The van der Waals surface area contributed by atoms with Gasteiger partial charge < -0.3 is 0 Å². The second-order valence-electron chi connectivity index (χ2n) is 4.27. The number of nitriles is 1. The van der Waals surface area contributed by atoms with Crippen molar-refractivity contribution in [2.75, 3.05) is 11.6 Å². The van der Waals surface area contributed by atoms with Crippen molar-refractivity contribution in [2.24, 2.45) is 0 Å². The maximum Gasteiger partial charge on any atom is 0.197 e. The van der Waals surface area contributed by atoms with Gasteiger partial charge in [-0.15, -0.1) is 11.6 Å². The van der Waals surface area contributed by atoms with Gasteiger partial charge in [-0.2, -0.15) is 5.26 Å². The van der Waals surface area contributed by atoms with Crippen LogP contribution in [0.4, 0.5) is 0 Å². The van der Waals surface area contributed by atoms with Crippen LogP contribution in [-0.2, 0) is 22.7 Å². The third-order valence-corrected chi connectivity index (χ3v) is 4.97. The molecule has 0 amide bonds. The summed E-state index contributed by atoms with van der Waals surface area (Å²) >= 11 is 5.51. The van der Waals surface area contributed by atoms with Gasteiger partial charge >= 0.3 is 0 Å². The number of alkyl halides is 1. The summed E-state index contributed by atoms with van der Waals surface area (Å²) in [7, 11) is -3.50. The average Bonchev–Trinajstić information content (AvgIpc) is 2.82. The molecule has 4 nitrogen and oxygen atoms in total. The van der Waals surface area contributed by atoms with Crippen LogP contribution in [0.3, 0.4) is 0 Å². The fraction of sp³-hybridized carbons (Fsp3) is 0.500. The molecule has 0 bridgehead atoms. The minimum absolute atomic E-state index is 0.0586. The van der Waals surface area contributed by atoms with Crippen LogP contribution in [0.15, 0.2) is 11.1 Å². The Morgan fingerprint density at radius 1 is 1.44 bits per heavy atom. The van der Waals surface area contributed by atoms with Crippen molar-refractivity contribution in [3.05, 3.63) is 22.9 Å². The van der Waals surface area contributed by atoms with Crippen LogP contribution in [-0.4, -0.2) is 25.0 Å². The number of pyridine rings is 1. The van der Waals surface area contributed by atoms with E-state index in [-0.39, 0.29) is 22.2 Å². The lowest BCUT2D eigenvalue weighted by Gasteiger charge is -2.07. The number of hydrogen-bond donors (Lipinski definition) is 0. The summed E-state index contributed by atoms with van der Waals surface area (Å²) in [4.78, 5) is 4.20. The van der Waals surface area contributed by atoms with Crippen molar-refractivity contribution in [3.63, 3.8) is 0 Å². The molecule has 1 aromatic rings. The van der Waals surface area contributed by atoms with E-state index in [4.69, 9.17) is 16.9 Å². The molecule has 0 unspecified atom stereocenters. The number of aryl methyl sites for hydroxylation is 2. The lowest BCUT2D eigenvalue weighted by Crippen LogP contribution is -2.13. The van der Waals surface area contributed by atoms with E-state index in [2.05, 4.69) is 4.98 Å². The Morgan fingerprint density at radius 3 is 2.89 bits per heavy atom. The molecule has 0 aliphatic heterocycles. The minimum Gasteiger partial charge on any atom is -0.240 e. The molecule has 0 saturated carbocycles. The van der Waals surface area contributed by atoms with Gasteiger partial charge in [-0.05, 0) is 37.3 Å². The van der Waals surface area contributed by atoms with E-state index in [0.717, 1.165) is 30.5 Å². The van der Waals surface area contributed by atoms with Gasteiger partial charge in [0.1, 0.15) is 6.07 Å². The number of rotatable bonds is 4. The van der Waals surface area contributed by atoms with E-state index >= 15 is 0 Å². The highest BCUT2D eigenvalue weighted by molar-refractivity contribution is 7.91. The first kappa shape index (κ1) is 13.3. The smallest absolute Gasteiger partial charge is 0.197 e. The van der Waals surface area contributed by atoms with Crippen LogP contribution >= 0.6 is 11.6 Å². The number of fused-ring (bicyclic) bond motifs is 1. The summed E-state index contributed by atoms with van der Waals surface area (Å²) in [5.41, 5.74) is 1.98. The van der Waals surface area contributed by atoms with Crippen molar-refractivity contribution in [3.8, 4) is 6.07 Å². The minimum atomic E-state index is -3.50. The Kier molecular flexibility index (Phi) is 3.88. The van der Waals surface area contributed by atoms with Crippen LogP contribution in [0, 0.1) is 11.3 Å². The summed E-state index contributed by atoms with van der Waals surface area (Å²) < 4.78 is 24.2. The normalized spacial score (nSPS) is 14.2. The van der Waals surface area contributed by atoms with Crippen molar-refractivity contribution < 1.29 is 8.42 Å². The predicted octanol–water partition coefficient (Wildman–Crippen LogP) is 1.84. The van der Waals surface area contributed by atoms with E-state index in [0.29, 0.717) is 6.42 Å². The van der Waals surface area contributed by atoms with Crippen molar-refractivity contribution in [1.29, 1.82) is 5.26 Å². The largest absolute Gasteiger partial charge is 0.240 e. The van der Waals surface area contributed by atoms with E-state index in [1.165, 1.54) is 0 Å². The fourth-order valence-corrected chi connectivity index (χ4v) is 3.81. The van der Waals surface area contributed by atoms with Crippen LogP contribution in [0.1, 0.15) is 29.7 Å². The number of aromatic nitrogens is 1. The van der Waals surface area contributed by atoms with Gasteiger partial charge in [-0.1, -0.05) is 0 Å². The Labute approximate surface area is 112 Å². The maximum atomic E-state index is 12.1. The Hall–Kier alpha value is -1.12. The highest BCUT2D eigenvalue weighted by Gasteiger charge is 2.24. The van der Waals surface area contributed by atoms with Crippen LogP contribution in [0.25, 0.3) is 0 Å². The quantitative estimate of drug-likeness (QED) is 0.791. The molecule has 1 aliphatic rings. The van der Waals surface area contributed by atoms with Crippen molar-refractivity contribution in [1.82, 2.24) is 4.98 Å². The SMILES string of the molecule is N#Cc1cc2c(nc1S(=O)(=O)CCCCl)CCC2. The molecule has 0 spiro atoms. The van der Waals surface area contributed by atoms with Crippen LogP contribution < -0.4 is 0 Å². The molecule has 1 aromatic heterocycles. The van der Waals surface area contributed by atoms with Crippen molar-refractivity contribution in [2.45, 2.75) is 30.7 Å². The van der Waals surface area contributed by atoms with E-state index in [1.54, 1.807) is 6.07 Å². The zero-order chi connectivity index (χ0) is 13.2. The molecule has 0 saturated heterocycles. The zero-order valence-corrected chi connectivity index (χ0v) is 11.4. The van der Waals surface area contributed by atoms with E-state index < -0.39 is 9.84 Å². The number of sulfone groups is 1. The predicted molar refractivity (Wildman–Crippen MR) is 68.4 cm³/mol. The summed E-state index contributed by atoms with van der Waals surface area (Å²) in [5.74, 6) is 0.225. The molecule has 0 atom stereocenters. The first-order valence-corrected chi connectivity index (χ1v) is 7.99. The molecule has 0 radical (unpaired) electrons. The lowest BCUT2D eigenvalue weighted by molar-refractivity contribution is 0.590. The Balaban J connectivity index is 2.48. The first-order valence-electron chi connectivity index (χ1n) is 5.80. The molecule has 0 aromatic carbocycles. The number of nitrogens with zero attached hydrogens (tertiary/aromatic N) is 2. The summed E-state index contributed by atoms with van der Waals surface area (Å²) in [6, 6.07) is 3.60. The molecule has 6 heteroatoms. The highest BCUT2D eigenvalue weighted by atomic mass is 35.5. The zero-order valence-electron chi connectivity index (χ0n) is 9.82. The molecular formula is C12H13ClN2O2S. The molecule has 18 heavy (non-hydrogen) atoms. The topological polar surface area (TPSA) is 70.8 Å². The molecule has 1 aliphatic carbocycles. The maximum absolute atomic E-state index is 12.1. The van der Waals surface area contributed by atoms with Gasteiger partial charge in [0.05, 0.1) is 11.3 Å². The van der Waals surface area contributed by atoms with Gasteiger partial charge in [0.25, 0.3) is 0 Å². The van der Waals surface area contributed by atoms with Crippen LogP contribution in [0.5, 0.6) is 0 Å². The third-order valence-electron chi connectivity index (χ3n) is 2.98. The van der Waals surface area contributed by atoms with Crippen molar-refractivity contribution >= 4 is 21.4 Å². The van der Waals surface area contributed by atoms with Gasteiger partial charge in [-0.3, -0.25) is 0 Å². The second kappa shape index (κ2) is 5.25. The number of halogens is 1. The molecule has 2 rings (SSSR count). The Morgan fingerprint density at radius 2 is 2.22 bits per heavy atom. The fourth-order valence-electron chi connectivity index (χ4n) is 2.11. The average molecular weight is 285 g/mol. The van der Waals surface area contributed by atoms with Crippen LogP contribution in [0.2, 0.25) is 0 Å². The first-order chi connectivity index (χ1) is 8.58.